The van der Waals surface area contributed by atoms with Crippen molar-refractivity contribution in [2.24, 2.45) is 0 Å². The Morgan fingerprint density at radius 1 is 0.886 bits per heavy atom. The molecule has 2 N–H and O–H groups in total. The molecule has 0 saturated carbocycles. The molecule has 0 aliphatic heterocycles. The van der Waals surface area contributed by atoms with Gasteiger partial charge in [-0.15, -0.1) is 0 Å². The number of ether oxygens (including phenoxy) is 3. The van der Waals surface area contributed by atoms with Gasteiger partial charge in [-0.1, -0.05) is 43.3 Å². The predicted octanol–water partition coefficient (Wildman–Crippen LogP) is 4.78. The number of amides is 2. The van der Waals surface area contributed by atoms with E-state index in [-0.39, 0.29) is 11.8 Å². The Morgan fingerprint density at radius 2 is 1.60 bits per heavy atom. The number of benzene rings is 3. The van der Waals surface area contributed by atoms with Crippen molar-refractivity contribution in [2.75, 3.05) is 26.1 Å². The highest BCUT2D eigenvalue weighted by Crippen LogP contribution is 2.27. The summed E-state index contributed by atoms with van der Waals surface area (Å²) in [5, 5.41) is 5.79. The van der Waals surface area contributed by atoms with Crippen molar-refractivity contribution in [1.29, 1.82) is 0 Å². The molecule has 3 aromatic rings. The van der Waals surface area contributed by atoms with Gasteiger partial charge in [0.1, 0.15) is 5.75 Å². The fraction of sp³-hybridized carbons (Fsp3) is 0.286. The third-order valence-electron chi connectivity index (χ3n) is 5.60. The Morgan fingerprint density at radius 3 is 2.31 bits per heavy atom. The molecule has 0 heterocycles. The third kappa shape index (κ3) is 6.76. The highest BCUT2D eigenvalue weighted by molar-refractivity contribution is 6.04. The summed E-state index contributed by atoms with van der Waals surface area (Å²) >= 11 is 0. The van der Waals surface area contributed by atoms with Gasteiger partial charge in [0.25, 0.3) is 11.8 Å². The molecule has 0 saturated heterocycles. The molecule has 0 spiro atoms. The van der Waals surface area contributed by atoms with E-state index in [0.29, 0.717) is 47.9 Å². The van der Waals surface area contributed by atoms with Crippen LogP contribution in [0.4, 0.5) is 5.69 Å². The maximum absolute atomic E-state index is 13.0. The molecule has 7 nitrogen and oxygen atoms in total. The van der Waals surface area contributed by atoms with Gasteiger partial charge in [-0.3, -0.25) is 9.59 Å². The fourth-order valence-electron chi connectivity index (χ4n) is 3.62. The molecule has 35 heavy (non-hydrogen) atoms. The van der Waals surface area contributed by atoms with Gasteiger partial charge in [0.05, 0.1) is 25.5 Å². The van der Waals surface area contributed by atoms with Gasteiger partial charge in [-0.05, 0) is 61.2 Å². The monoisotopic (exact) mass is 476 g/mol. The summed E-state index contributed by atoms with van der Waals surface area (Å²) in [5.41, 5.74) is 2.78. The molecule has 0 radical (unpaired) electrons. The number of nitrogens with one attached hydrogen (secondary N) is 2. The van der Waals surface area contributed by atoms with E-state index in [2.05, 4.69) is 10.6 Å². The summed E-state index contributed by atoms with van der Waals surface area (Å²) < 4.78 is 16.5. The van der Waals surface area contributed by atoms with Crippen LogP contribution in [0.25, 0.3) is 0 Å². The second-order valence-electron chi connectivity index (χ2n) is 8.01. The minimum absolute atomic E-state index is 0.269. The molecule has 0 aromatic heterocycles. The number of carbonyl (C=O) groups excluding carboxylic acids is 2. The molecule has 0 unspecified atom stereocenters. The van der Waals surface area contributed by atoms with Crippen LogP contribution in [0.3, 0.4) is 0 Å². The zero-order chi connectivity index (χ0) is 25.2. The SMILES string of the molecule is CC[C@H](Oc1ccccc1C)C(=O)Nc1ccccc1C(=O)NCCc1ccc(OC)c(OC)c1. The second kappa shape index (κ2) is 12.5. The second-order valence-corrected chi connectivity index (χ2v) is 8.01. The first-order valence-corrected chi connectivity index (χ1v) is 11.6. The summed E-state index contributed by atoms with van der Waals surface area (Å²) in [7, 11) is 3.18. The summed E-state index contributed by atoms with van der Waals surface area (Å²) in [6, 6.07) is 20.2. The van der Waals surface area contributed by atoms with Gasteiger partial charge >= 0.3 is 0 Å². The molecule has 2 amide bonds. The number of carbonyl (C=O) groups is 2. The van der Waals surface area contributed by atoms with Crippen molar-refractivity contribution in [3.8, 4) is 17.2 Å². The van der Waals surface area contributed by atoms with E-state index in [0.717, 1.165) is 11.1 Å². The number of rotatable bonds is 11. The number of anilines is 1. The first-order valence-electron chi connectivity index (χ1n) is 11.6. The van der Waals surface area contributed by atoms with Gasteiger partial charge in [-0.25, -0.2) is 0 Å². The van der Waals surface area contributed by atoms with Crippen LogP contribution in [0.1, 0.15) is 34.8 Å². The maximum Gasteiger partial charge on any atom is 0.265 e. The summed E-state index contributed by atoms with van der Waals surface area (Å²) in [5.74, 6) is 1.38. The quantitative estimate of drug-likeness (QED) is 0.416. The van der Waals surface area contributed by atoms with Gasteiger partial charge in [0, 0.05) is 6.54 Å². The average molecular weight is 477 g/mol. The lowest BCUT2D eigenvalue weighted by Crippen LogP contribution is -2.34. The lowest BCUT2D eigenvalue weighted by Gasteiger charge is -2.19. The van der Waals surface area contributed by atoms with Gasteiger partial charge in [-0.2, -0.15) is 0 Å². The summed E-state index contributed by atoms with van der Waals surface area (Å²) in [6.45, 7) is 4.24. The average Bonchev–Trinajstić information content (AvgIpc) is 2.88. The van der Waals surface area contributed by atoms with Crippen molar-refractivity contribution >= 4 is 17.5 Å². The van der Waals surface area contributed by atoms with Crippen LogP contribution in [0.15, 0.2) is 66.7 Å². The van der Waals surface area contributed by atoms with Crippen molar-refractivity contribution < 1.29 is 23.8 Å². The molecule has 1 atom stereocenters. The Hall–Kier alpha value is -4.00. The van der Waals surface area contributed by atoms with Gasteiger partial charge < -0.3 is 24.8 Å². The molecule has 0 fully saturated rings. The smallest absolute Gasteiger partial charge is 0.265 e. The number of methoxy groups -OCH3 is 2. The van der Waals surface area contributed by atoms with E-state index in [4.69, 9.17) is 14.2 Å². The maximum atomic E-state index is 13.0. The van der Waals surface area contributed by atoms with Crippen molar-refractivity contribution in [1.82, 2.24) is 5.32 Å². The van der Waals surface area contributed by atoms with Crippen LogP contribution in [0.2, 0.25) is 0 Å². The number of aryl methyl sites for hydroxylation is 1. The van der Waals surface area contributed by atoms with E-state index < -0.39 is 6.10 Å². The van der Waals surface area contributed by atoms with Gasteiger partial charge in [0.2, 0.25) is 0 Å². The molecule has 3 aromatic carbocycles. The highest BCUT2D eigenvalue weighted by atomic mass is 16.5. The zero-order valence-electron chi connectivity index (χ0n) is 20.6. The van der Waals surface area contributed by atoms with Crippen molar-refractivity contribution in [3.63, 3.8) is 0 Å². The molecular weight excluding hydrogens is 444 g/mol. The van der Waals surface area contributed by atoms with E-state index in [1.165, 1.54) is 0 Å². The molecule has 0 aliphatic rings. The predicted molar refractivity (Wildman–Crippen MR) is 137 cm³/mol. The number of para-hydroxylation sites is 2. The minimum Gasteiger partial charge on any atom is -0.493 e. The minimum atomic E-state index is -0.683. The molecular formula is C28H32N2O5. The Balaban J connectivity index is 1.63. The standard InChI is InChI=1S/C28H32N2O5/c1-5-23(35-24-13-9-6-10-19(24)2)28(32)30-22-12-8-7-11-21(22)27(31)29-17-16-20-14-15-25(33-3)26(18-20)34-4/h6-15,18,23H,5,16-17H2,1-4H3,(H,29,31)(H,30,32)/t23-/m0/s1. The highest BCUT2D eigenvalue weighted by Gasteiger charge is 2.21. The molecule has 184 valence electrons. The van der Waals surface area contributed by atoms with E-state index in [1.807, 2.05) is 56.3 Å². The van der Waals surface area contributed by atoms with E-state index in [9.17, 15) is 9.59 Å². The largest absolute Gasteiger partial charge is 0.493 e. The molecule has 7 heteroatoms. The summed E-state index contributed by atoms with van der Waals surface area (Å²) in [4.78, 5) is 25.9. The third-order valence-corrected chi connectivity index (χ3v) is 5.60. The number of hydrogen-bond donors (Lipinski definition) is 2. The summed E-state index contributed by atoms with van der Waals surface area (Å²) in [6.07, 6.45) is 0.417. The fourth-order valence-corrected chi connectivity index (χ4v) is 3.62. The topological polar surface area (TPSA) is 85.9 Å². The Labute approximate surface area is 206 Å². The van der Waals surface area contributed by atoms with Crippen LogP contribution < -0.4 is 24.8 Å². The molecule has 0 bridgehead atoms. The lowest BCUT2D eigenvalue weighted by atomic mass is 10.1. The zero-order valence-corrected chi connectivity index (χ0v) is 20.6. The van der Waals surface area contributed by atoms with Crippen LogP contribution in [0.5, 0.6) is 17.2 Å². The van der Waals surface area contributed by atoms with Crippen molar-refractivity contribution in [3.05, 3.63) is 83.4 Å². The molecule has 3 rings (SSSR count). The normalized spacial score (nSPS) is 11.3. The Bertz CT molecular complexity index is 1160. The molecule has 0 aliphatic carbocycles. The first-order chi connectivity index (χ1) is 17.0. The number of hydrogen-bond acceptors (Lipinski definition) is 5. The van der Waals surface area contributed by atoms with Crippen LogP contribution in [0, 0.1) is 6.92 Å². The van der Waals surface area contributed by atoms with E-state index >= 15 is 0 Å². The van der Waals surface area contributed by atoms with Crippen LogP contribution in [-0.4, -0.2) is 38.7 Å². The van der Waals surface area contributed by atoms with E-state index in [1.54, 1.807) is 38.5 Å². The first kappa shape index (κ1) is 25.6. The van der Waals surface area contributed by atoms with Crippen molar-refractivity contribution in [2.45, 2.75) is 32.8 Å². The lowest BCUT2D eigenvalue weighted by molar-refractivity contribution is -0.122. The van der Waals surface area contributed by atoms with Crippen LogP contribution in [-0.2, 0) is 11.2 Å². The Kier molecular flexibility index (Phi) is 9.12. The van der Waals surface area contributed by atoms with Crippen LogP contribution >= 0.6 is 0 Å². The van der Waals surface area contributed by atoms with Gasteiger partial charge in [0.15, 0.2) is 17.6 Å².